The molecule has 2 N–H and O–H groups in total. The molecule has 1 aromatic carbocycles. The molecule has 5 heteroatoms. The van der Waals surface area contributed by atoms with E-state index in [1.165, 1.54) is 11.1 Å². The number of nitrogens with zero attached hydrogens (tertiary/aromatic N) is 2. The fraction of sp³-hybridized carbons (Fsp3) is 0.562. The molecule has 0 saturated carbocycles. The molecule has 116 valence electrons. The van der Waals surface area contributed by atoms with E-state index in [-0.39, 0.29) is 12.5 Å². The number of hydrogen-bond donors (Lipinski definition) is 2. The Labute approximate surface area is 126 Å². The molecule has 0 aromatic heterocycles. The van der Waals surface area contributed by atoms with Crippen molar-refractivity contribution in [1.82, 2.24) is 15.3 Å². The lowest BCUT2D eigenvalue weighted by Gasteiger charge is -2.35. The summed E-state index contributed by atoms with van der Waals surface area (Å²) in [6, 6.07) is 8.24. The quantitative estimate of drug-likeness (QED) is 0.823. The van der Waals surface area contributed by atoms with Gasteiger partial charge in [0.1, 0.15) is 0 Å². The third-order valence-electron chi connectivity index (χ3n) is 3.89. The third kappa shape index (κ3) is 5.46. The van der Waals surface area contributed by atoms with Gasteiger partial charge in [0.2, 0.25) is 0 Å². The lowest BCUT2D eigenvalue weighted by atomic mass is 10.0. The molecule has 0 aliphatic carbocycles. The van der Waals surface area contributed by atoms with Crippen LogP contribution >= 0.6 is 0 Å². The Hall–Kier alpha value is -1.43. The molecule has 0 spiro atoms. The molecule has 2 rings (SSSR count). The number of rotatable bonds is 6. The van der Waals surface area contributed by atoms with Crippen molar-refractivity contribution >= 4 is 5.97 Å². The second-order valence-electron chi connectivity index (χ2n) is 5.90. The van der Waals surface area contributed by atoms with Crippen LogP contribution in [0.4, 0.5) is 0 Å². The van der Waals surface area contributed by atoms with Gasteiger partial charge in [0.15, 0.2) is 0 Å². The number of aryl methyl sites for hydroxylation is 1. The van der Waals surface area contributed by atoms with Crippen LogP contribution in [0, 0.1) is 6.92 Å². The van der Waals surface area contributed by atoms with Gasteiger partial charge in [-0.1, -0.05) is 29.8 Å². The minimum Gasteiger partial charge on any atom is -0.481 e. The molecule has 0 radical (unpaired) electrons. The molecule has 1 fully saturated rings. The van der Waals surface area contributed by atoms with E-state index < -0.39 is 5.97 Å². The van der Waals surface area contributed by atoms with Crippen molar-refractivity contribution in [3.05, 3.63) is 35.4 Å². The highest BCUT2D eigenvalue weighted by molar-refractivity contribution is 5.67. The minimum absolute atomic E-state index is 0.0615. The zero-order valence-electron chi connectivity index (χ0n) is 12.9. The predicted molar refractivity (Wildman–Crippen MR) is 83.1 cm³/mol. The number of carboxylic acid groups (broad SMARTS) is 1. The molecule has 1 atom stereocenters. The summed E-state index contributed by atoms with van der Waals surface area (Å²) in [5.74, 6) is -0.756. The number of hydrazine groups is 1. The first-order valence-corrected chi connectivity index (χ1v) is 7.50. The number of benzene rings is 1. The number of aliphatic carboxylic acids is 1. The second-order valence-corrected chi connectivity index (χ2v) is 5.90. The second kappa shape index (κ2) is 7.54. The Kier molecular flexibility index (Phi) is 5.73. The predicted octanol–water partition coefficient (Wildman–Crippen LogP) is 1.13. The lowest BCUT2D eigenvalue weighted by molar-refractivity contribution is -0.138. The van der Waals surface area contributed by atoms with Crippen molar-refractivity contribution < 1.29 is 9.90 Å². The molecular weight excluding hydrogens is 266 g/mol. The summed E-state index contributed by atoms with van der Waals surface area (Å²) in [5, 5.41) is 11.3. The van der Waals surface area contributed by atoms with E-state index in [1.54, 1.807) is 0 Å². The normalized spacial score (nSPS) is 18.6. The summed E-state index contributed by atoms with van der Waals surface area (Å²) in [7, 11) is 2.11. The molecule has 1 heterocycles. The monoisotopic (exact) mass is 291 g/mol. The summed E-state index contributed by atoms with van der Waals surface area (Å²) in [5.41, 5.74) is 5.79. The van der Waals surface area contributed by atoms with Crippen LogP contribution < -0.4 is 5.43 Å². The van der Waals surface area contributed by atoms with E-state index in [0.717, 1.165) is 32.6 Å². The van der Waals surface area contributed by atoms with Gasteiger partial charge in [-0.25, -0.2) is 5.01 Å². The molecular formula is C16H25N3O2. The highest BCUT2D eigenvalue weighted by Crippen LogP contribution is 2.09. The summed E-state index contributed by atoms with van der Waals surface area (Å²) < 4.78 is 0. The highest BCUT2D eigenvalue weighted by Gasteiger charge is 2.20. The van der Waals surface area contributed by atoms with E-state index >= 15 is 0 Å². The van der Waals surface area contributed by atoms with Crippen LogP contribution in [0.15, 0.2) is 24.3 Å². The first-order chi connectivity index (χ1) is 10.0. The average molecular weight is 291 g/mol. The van der Waals surface area contributed by atoms with Gasteiger partial charge in [-0.15, -0.1) is 0 Å². The Morgan fingerprint density at radius 3 is 2.43 bits per heavy atom. The number of likely N-dealkylation sites (N-methyl/N-ethyl adjacent to an activating group) is 1. The molecule has 1 saturated heterocycles. The zero-order chi connectivity index (χ0) is 15.2. The van der Waals surface area contributed by atoms with Crippen LogP contribution in [0.1, 0.15) is 17.5 Å². The standard InChI is InChI=1S/C16H25N3O2/c1-13-3-5-14(6-4-13)11-15(12-16(20)21)17-19-9-7-18(2)8-10-19/h3-6,15,17H,7-12H2,1-2H3,(H,20,21). The molecule has 1 aromatic rings. The van der Waals surface area contributed by atoms with Gasteiger partial charge in [-0.05, 0) is 26.0 Å². The molecule has 0 amide bonds. The van der Waals surface area contributed by atoms with E-state index in [9.17, 15) is 4.79 Å². The van der Waals surface area contributed by atoms with Crippen LogP contribution in [-0.4, -0.2) is 60.3 Å². The van der Waals surface area contributed by atoms with E-state index in [1.807, 2.05) is 0 Å². The molecule has 1 unspecified atom stereocenters. The van der Waals surface area contributed by atoms with Crippen molar-refractivity contribution in [2.45, 2.75) is 25.8 Å². The van der Waals surface area contributed by atoms with E-state index in [0.29, 0.717) is 0 Å². The highest BCUT2D eigenvalue weighted by atomic mass is 16.4. The van der Waals surface area contributed by atoms with Crippen LogP contribution in [0.3, 0.4) is 0 Å². The SMILES string of the molecule is Cc1ccc(CC(CC(=O)O)NN2CCN(C)CC2)cc1. The number of carboxylic acids is 1. The molecule has 5 nitrogen and oxygen atoms in total. The van der Waals surface area contributed by atoms with Gasteiger partial charge < -0.3 is 10.0 Å². The van der Waals surface area contributed by atoms with Crippen molar-refractivity contribution in [3.63, 3.8) is 0 Å². The number of nitrogens with one attached hydrogen (secondary N) is 1. The van der Waals surface area contributed by atoms with Crippen molar-refractivity contribution in [2.24, 2.45) is 0 Å². The summed E-state index contributed by atoms with van der Waals surface area (Å²) >= 11 is 0. The van der Waals surface area contributed by atoms with Gasteiger partial charge >= 0.3 is 5.97 Å². The van der Waals surface area contributed by atoms with Gasteiger partial charge in [-0.3, -0.25) is 10.2 Å². The lowest BCUT2D eigenvalue weighted by Crippen LogP contribution is -2.54. The zero-order valence-corrected chi connectivity index (χ0v) is 12.9. The number of carbonyl (C=O) groups is 1. The first kappa shape index (κ1) is 15.9. The van der Waals surface area contributed by atoms with Gasteiger partial charge in [0.05, 0.1) is 6.42 Å². The average Bonchev–Trinajstić information content (AvgIpc) is 2.43. The Balaban J connectivity index is 1.93. The summed E-state index contributed by atoms with van der Waals surface area (Å²) in [4.78, 5) is 13.4. The molecule has 1 aliphatic heterocycles. The molecule has 0 bridgehead atoms. The first-order valence-electron chi connectivity index (χ1n) is 7.50. The van der Waals surface area contributed by atoms with Crippen molar-refractivity contribution in [3.8, 4) is 0 Å². The van der Waals surface area contributed by atoms with Crippen LogP contribution in [0.2, 0.25) is 0 Å². The van der Waals surface area contributed by atoms with E-state index in [2.05, 4.69) is 53.6 Å². The Morgan fingerprint density at radius 1 is 1.24 bits per heavy atom. The van der Waals surface area contributed by atoms with Crippen LogP contribution in [0.5, 0.6) is 0 Å². The van der Waals surface area contributed by atoms with Gasteiger partial charge in [-0.2, -0.15) is 0 Å². The summed E-state index contributed by atoms with van der Waals surface area (Å²) in [6.45, 7) is 5.94. The Morgan fingerprint density at radius 2 is 1.86 bits per heavy atom. The maximum Gasteiger partial charge on any atom is 0.304 e. The fourth-order valence-electron chi connectivity index (χ4n) is 2.58. The Bertz CT molecular complexity index is 453. The minimum atomic E-state index is -0.756. The van der Waals surface area contributed by atoms with Crippen LogP contribution in [-0.2, 0) is 11.2 Å². The summed E-state index contributed by atoms with van der Waals surface area (Å²) in [6.07, 6.45) is 0.874. The molecule has 1 aliphatic rings. The van der Waals surface area contributed by atoms with Crippen molar-refractivity contribution in [2.75, 3.05) is 33.2 Å². The maximum absolute atomic E-state index is 11.1. The van der Waals surface area contributed by atoms with Crippen molar-refractivity contribution in [1.29, 1.82) is 0 Å². The largest absolute Gasteiger partial charge is 0.481 e. The van der Waals surface area contributed by atoms with Gasteiger partial charge in [0, 0.05) is 32.2 Å². The van der Waals surface area contributed by atoms with E-state index in [4.69, 9.17) is 5.11 Å². The number of hydrogen-bond acceptors (Lipinski definition) is 4. The fourth-order valence-corrected chi connectivity index (χ4v) is 2.58. The van der Waals surface area contributed by atoms with Crippen LogP contribution in [0.25, 0.3) is 0 Å². The van der Waals surface area contributed by atoms with Gasteiger partial charge in [0.25, 0.3) is 0 Å². The molecule has 21 heavy (non-hydrogen) atoms. The topological polar surface area (TPSA) is 55.8 Å². The third-order valence-corrected chi connectivity index (χ3v) is 3.89. The maximum atomic E-state index is 11.1. The smallest absolute Gasteiger partial charge is 0.304 e. The number of piperazine rings is 1.